The van der Waals surface area contributed by atoms with Crippen LogP contribution in [0.25, 0.3) is 0 Å². The van der Waals surface area contributed by atoms with Gasteiger partial charge in [0, 0.05) is 24.4 Å². The summed E-state index contributed by atoms with van der Waals surface area (Å²) in [5, 5.41) is 5.65. The molecule has 0 spiro atoms. The van der Waals surface area contributed by atoms with Crippen molar-refractivity contribution in [3.05, 3.63) is 59.7 Å². The molecule has 6 heteroatoms. The van der Waals surface area contributed by atoms with E-state index < -0.39 is 0 Å². The van der Waals surface area contributed by atoms with E-state index in [1.165, 1.54) is 5.56 Å². The maximum atomic E-state index is 12.2. The summed E-state index contributed by atoms with van der Waals surface area (Å²) >= 11 is 0. The number of rotatable bonds is 8. The first kappa shape index (κ1) is 20.9. The second-order valence-electron chi connectivity index (χ2n) is 7.48. The van der Waals surface area contributed by atoms with Crippen molar-refractivity contribution >= 4 is 17.5 Å². The third kappa shape index (κ3) is 6.32. The van der Waals surface area contributed by atoms with Crippen molar-refractivity contribution in [2.24, 2.45) is 0 Å². The number of nitrogens with one attached hydrogen (secondary N) is 2. The molecule has 0 bridgehead atoms. The number of hydrogen-bond donors (Lipinski definition) is 2. The number of anilines is 1. The zero-order valence-corrected chi connectivity index (χ0v) is 16.9. The molecule has 0 radical (unpaired) electrons. The van der Waals surface area contributed by atoms with Gasteiger partial charge in [0.2, 0.25) is 0 Å². The van der Waals surface area contributed by atoms with Crippen LogP contribution in [-0.4, -0.2) is 37.7 Å². The van der Waals surface area contributed by atoms with E-state index in [-0.39, 0.29) is 24.5 Å². The fourth-order valence-electron chi connectivity index (χ4n) is 3.11. The number of carbonyl (C=O) groups is 2. The van der Waals surface area contributed by atoms with Crippen LogP contribution in [0.5, 0.6) is 5.75 Å². The van der Waals surface area contributed by atoms with Crippen molar-refractivity contribution < 1.29 is 19.1 Å². The van der Waals surface area contributed by atoms with E-state index in [0.717, 1.165) is 19.4 Å². The molecule has 29 heavy (non-hydrogen) atoms. The predicted octanol–water partition coefficient (Wildman–Crippen LogP) is 3.74. The van der Waals surface area contributed by atoms with E-state index in [9.17, 15) is 9.59 Å². The number of amides is 2. The molecule has 2 aromatic rings. The van der Waals surface area contributed by atoms with Crippen LogP contribution in [-0.2, 0) is 9.53 Å². The molecule has 2 N–H and O–H groups in total. The molecule has 1 fully saturated rings. The summed E-state index contributed by atoms with van der Waals surface area (Å²) in [7, 11) is 0. The van der Waals surface area contributed by atoms with Gasteiger partial charge >= 0.3 is 0 Å². The van der Waals surface area contributed by atoms with Crippen molar-refractivity contribution in [3.8, 4) is 5.75 Å². The Kier molecular flexibility index (Phi) is 7.25. The molecule has 1 heterocycles. The van der Waals surface area contributed by atoms with Gasteiger partial charge in [-0.05, 0) is 60.7 Å². The van der Waals surface area contributed by atoms with Gasteiger partial charge in [0.1, 0.15) is 5.75 Å². The summed E-state index contributed by atoms with van der Waals surface area (Å²) in [4.78, 5) is 24.3. The standard InChI is InChI=1S/C23H28N2O4/c1-16(2)17-7-11-20(12-8-17)29-15-22(26)25-19-9-5-18(6-10-19)23(27)24-14-21-4-3-13-28-21/h5-12,16,21H,3-4,13-15H2,1-2H3,(H,24,27)(H,25,26)/t21-/m0/s1. The monoisotopic (exact) mass is 396 g/mol. The fourth-order valence-corrected chi connectivity index (χ4v) is 3.11. The SMILES string of the molecule is CC(C)c1ccc(OCC(=O)Nc2ccc(C(=O)NC[C@@H]3CCCO3)cc2)cc1. The topological polar surface area (TPSA) is 76.7 Å². The summed E-state index contributed by atoms with van der Waals surface area (Å²) in [6.45, 7) is 5.46. The molecule has 0 unspecified atom stereocenters. The average Bonchev–Trinajstić information content (AvgIpc) is 3.25. The van der Waals surface area contributed by atoms with E-state index in [1.54, 1.807) is 24.3 Å². The van der Waals surface area contributed by atoms with Gasteiger partial charge in [0.15, 0.2) is 6.61 Å². The molecule has 2 amide bonds. The third-order valence-corrected chi connectivity index (χ3v) is 4.86. The number of hydrogen-bond acceptors (Lipinski definition) is 4. The van der Waals surface area contributed by atoms with Crippen LogP contribution in [0.4, 0.5) is 5.69 Å². The Morgan fingerprint density at radius 1 is 1.10 bits per heavy atom. The van der Waals surface area contributed by atoms with Crippen molar-refractivity contribution in [1.82, 2.24) is 5.32 Å². The lowest BCUT2D eigenvalue weighted by Crippen LogP contribution is -2.31. The summed E-state index contributed by atoms with van der Waals surface area (Å²) in [6.07, 6.45) is 2.14. The zero-order chi connectivity index (χ0) is 20.6. The van der Waals surface area contributed by atoms with Crippen LogP contribution >= 0.6 is 0 Å². The van der Waals surface area contributed by atoms with E-state index in [4.69, 9.17) is 9.47 Å². The van der Waals surface area contributed by atoms with E-state index >= 15 is 0 Å². The molecule has 1 atom stereocenters. The first-order chi connectivity index (χ1) is 14.0. The number of benzene rings is 2. The highest BCUT2D eigenvalue weighted by molar-refractivity contribution is 5.96. The predicted molar refractivity (Wildman–Crippen MR) is 112 cm³/mol. The van der Waals surface area contributed by atoms with Crippen molar-refractivity contribution in [2.75, 3.05) is 25.1 Å². The normalized spacial score (nSPS) is 15.9. The van der Waals surface area contributed by atoms with Gasteiger partial charge in [-0.1, -0.05) is 26.0 Å². The molecule has 0 saturated carbocycles. The smallest absolute Gasteiger partial charge is 0.262 e. The van der Waals surface area contributed by atoms with Crippen LogP contribution in [0.1, 0.15) is 48.5 Å². The number of ether oxygens (including phenoxy) is 2. The maximum Gasteiger partial charge on any atom is 0.262 e. The molecule has 0 aromatic heterocycles. The molecule has 1 saturated heterocycles. The highest BCUT2D eigenvalue weighted by Gasteiger charge is 2.16. The lowest BCUT2D eigenvalue weighted by atomic mass is 10.0. The fraction of sp³-hybridized carbons (Fsp3) is 0.391. The van der Waals surface area contributed by atoms with Crippen LogP contribution in [0, 0.1) is 0 Å². The summed E-state index contributed by atoms with van der Waals surface area (Å²) in [5.74, 6) is 0.705. The Morgan fingerprint density at radius 2 is 1.83 bits per heavy atom. The minimum absolute atomic E-state index is 0.0787. The Bertz CT molecular complexity index is 810. The molecule has 3 rings (SSSR count). The Labute approximate surface area is 171 Å². The Morgan fingerprint density at radius 3 is 2.45 bits per heavy atom. The first-order valence-corrected chi connectivity index (χ1v) is 10.0. The summed E-state index contributed by atoms with van der Waals surface area (Å²) < 4.78 is 11.0. The minimum Gasteiger partial charge on any atom is -0.484 e. The van der Waals surface area contributed by atoms with Crippen molar-refractivity contribution in [1.29, 1.82) is 0 Å². The number of carbonyl (C=O) groups excluding carboxylic acids is 2. The molecule has 1 aliphatic heterocycles. The van der Waals surface area contributed by atoms with Crippen LogP contribution in [0.2, 0.25) is 0 Å². The van der Waals surface area contributed by atoms with Crippen molar-refractivity contribution in [2.45, 2.75) is 38.7 Å². The molecule has 1 aliphatic rings. The maximum absolute atomic E-state index is 12.2. The first-order valence-electron chi connectivity index (χ1n) is 10.0. The molecule has 6 nitrogen and oxygen atoms in total. The lowest BCUT2D eigenvalue weighted by molar-refractivity contribution is -0.118. The van der Waals surface area contributed by atoms with E-state index in [0.29, 0.717) is 29.5 Å². The van der Waals surface area contributed by atoms with Crippen LogP contribution < -0.4 is 15.4 Å². The zero-order valence-electron chi connectivity index (χ0n) is 16.9. The van der Waals surface area contributed by atoms with Gasteiger partial charge in [-0.15, -0.1) is 0 Å². The molecular formula is C23H28N2O4. The van der Waals surface area contributed by atoms with Crippen molar-refractivity contribution in [3.63, 3.8) is 0 Å². The van der Waals surface area contributed by atoms with Crippen LogP contribution in [0.3, 0.4) is 0 Å². The van der Waals surface area contributed by atoms with Crippen LogP contribution in [0.15, 0.2) is 48.5 Å². The van der Waals surface area contributed by atoms with Gasteiger partial charge in [-0.25, -0.2) is 0 Å². The van der Waals surface area contributed by atoms with Gasteiger partial charge in [0.05, 0.1) is 6.10 Å². The molecule has 154 valence electrons. The summed E-state index contributed by atoms with van der Waals surface area (Å²) in [5.41, 5.74) is 2.38. The second kappa shape index (κ2) is 10.1. The highest BCUT2D eigenvalue weighted by atomic mass is 16.5. The van der Waals surface area contributed by atoms with Gasteiger partial charge in [0.25, 0.3) is 11.8 Å². The third-order valence-electron chi connectivity index (χ3n) is 4.86. The van der Waals surface area contributed by atoms with Gasteiger partial charge in [-0.3, -0.25) is 9.59 Å². The quantitative estimate of drug-likeness (QED) is 0.713. The average molecular weight is 396 g/mol. The lowest BCUT2D eigenvalue weighted by Gasteiger charge is -2.11. The Balaban J connectivity index is 1.43. The second-order valence-corrected chi connectivity index (χ2v) is 7.48. The van der Waals surface area contributed by atoms with Gasteiger partial charge < -0.3 is 20.1 Å². The largest absolute Gasteiger partial charge is 0.484 e. The molecular weight excluding hydrogens is 368 g/mol. The molecule has 2 aromatic carbocycles. The minimum atomic E-state index is -0.256. The Hall–Kier alpha value is -2.86. The molecule has 0 aliphatic carbocycles. The van der Waals surface area contributed by atoms with E-state index in [2.05, 4.69) is 24.5 Å². The highest BCUT2D eigenvalue weighted by Crippen LogP contribution is 2.18. The van der Waals surface area contributed by atoms with Gasteiger partial charge in [-0.2, -0.15) is 0 Å². The summed E-state index contributed by atoms with van der Waals surface area (Å²) in [6, 6.07) is 14.5. The van der Waals surface area contributed by atoms with E-state index in [1.807, 2.05) is 24.3 Å².